The fourth-order valence-electron chi connectivity index (χ4n) is 2.12. The maximum Gasteiger partial charge on any atom is 0.409 e. The fraction of sp³-hybridized carbons (Fsp3) is 0.533. The highest BCUT2D eigenvalue weighted by molar-refractivity contribution is 6.68. The molecule has 0 heterocycles. The van der Waals surface area contributed by atoms with Gasteiger partial charge in [-0.2, -0.15) is 0 Å². The van der Waals surface area contributed by atoms with Crippen LogP contribution in [0.1, 0.15) is 30.5 Å². The summed E-state index contributed by atoms with van der Waals surface area (Å²) in [4.78, 5) is 11.8. The number of ether oxygens (including phenoxy) is 1. The number of nitrogens with one attached hydrogen (secondary N) is 2. The van der Waals surface area contributed by atoms with Crippen molar-refractivity contribution in [2.75, 3.05) is 5.32 Å². The zero-order chi connectivity index (χ0) is 17.1. The molecule has 1 rings (SSSR count). The van der Waals surface area contributed by atoms with Crippen LogP contribution in [-0.2, 0) is 4.74 Å². The summed E-state index contributed by atoms with van der Waals surface area (Å²) in [5.74, 6) is 0. The van der Waals surface area contributed by atoms with Crippen LogP contribution in [0.3, 0.4) is 0 Å². The van der Waals surface area contributed by atoms with Crippen LogP contribution in [0.2, 0.25) is 0 Å². The van der Waals surface area contributed by atoms with E-state index in [1.807, 2.05) is 32.9 Å². The summed E-state index contributed by atoms with van der Waals surface area (Å²) in [7, 11) is 0. The minimum atomic E-state index is -1.74. The van der Waals surface area contributed by atoms with E-state index in [9.17, 15) is 4.79 Å². The van der Waals surface area contributed by atoms with Crippen molar-refractivity contribution in [1.29, 1.82) is 0 Å². The molecule has 1 amide bonds. The van der Waals surface area contributed by atoms with Crippen LogP contribution in [0.25, 0.3) is 0 Å². The summed E-state index contributed by atoms with van der Waals surface area (Å²) in [5.41, 5.74) is 3.94. The SMILES string of the molecule is Cc1cc(C)c(N[C@H](NC(=O)OC(C)C)C(Cl)(Cl)Cl)c(C)c1. The Hall–Kier alpha value is -0.840. The first-order chi connectivity index (χ1) is 10.0. The predicted molar refractivity (Wildman–Crippen MR) is 93.1 cm³/mol. The molecule has 0 aliphatic rings. The Morgan fingerprint density at radius 1 is 1.14 bits per heavy atom. The Balaban J connectivity index is 2.98. The molecule has 7 heteroatoms. The van der Waals surface area contributed by atoms with Gasteiger partial charge in [0.1, 0.15) is 6.17 Å². The van der Waals surface area contributed by atoms with Crippen LogP contribution < -0.4 is 10.6 Å². The second-order valence-electron chi connectivity index (χ2n) is 5.49. The van der Waals surface area contributed by atoms with Gasteiger partial charge in [-0.25, -0.2) is 4.79 Å². The van der Waals surface area contributed by atoms with Gasteiger partial charge in [0.25, 0.3) is 0 Å². The summed E-state index contributed by atoms with van der Waals surface area (Å²) in [6.07, 6.45) is -1.84. The third kappa shape index (κ3) is 5.75. The van der Waals surface area contributed by atoms with Crippen LogP contribution in [0, 0.1) is 20.8 Å². The highest BCUT2D eigenvalue weighted by Gasteiger charge is 2.35. The standard InChI is InChI=1S/C15H21Cl3N2O2/c1-8(2)22-14(21)20-13(15(16,17)18)19-12-10(4)6-9(3)7-11(12)5/h6-8,13,19H,1-5H3,(H,20,21)/t13-/m1/s1. The van der Waals surface area contributed by atoms with Gasteiger partial charge in [0.2, 0.25) is 3.79 Å². The molecule has 0 saturated carbocycles. The van der Waals surface area contributed by atoms with E-state index in [1.165, 1.54) is 0 Å². The highest BCUT2D eigenvalue weighted by atomic mass is 35.6. The highest BCUT2D eigenvalue weighted by Crippen LogP contribution is 2.33. The van der Waals surface area contributed by atoms with Crippen molar-refractivity contribution in [3.63, 3.8) is 0 Å². The van der Waals surface area contributed by atoms with Gasteiger partial charge < -0.3 is 10.1 Å². The molecule has 0 unspecified atom stereocenters. The molecule has 0 spiro atoms. The van der Waals surface area contributed by atoms with Gasteiger partial charge >= 0.3 is 6.09 Å². The van der Waals surface area contributed by atoms with Crippen molar-refractivity contribution in [2.24, 2.45) is 0 Å². The first kappa shape index (κ1) is 19.2. The third-order valence-electron chi connectivity index (χ3n) is 2.90. The number of rotatable bonds is 4. The molecular weight excluding hydrogens is 347 g/mol. The topological polar surface area (TPSA) is 50.4 Å². The lowest BCUT2D eigenvalue weighted by Crippen LogP contribution is -2.49. The number of carbonyl (C=O) groups excluding carboxylic acids is 1. The van der Waals surface area contributed by atoms with Gasteiger partial charge in [0.15, 0.2) is 0 Å². The minimum absolute atomic E-state index is 0.265. The van der Waals surface area contributed by atoms with E-state index in [-0.39, 0.29) is 6.10 Å². The lowest BCUT2D eigenvalue weighted by Gasteiger charge is -2.29. The molecule has 2 N–H and O–H groups in total. The van der Waals surface area contributed by atoms with Gasteiger partial charge in [0, 0.05) is 5.69 Å². The second-order valence-corrected chi connectivity index (χ2v) is 7.86. The number of hydrogen-bond acceptors (Lipinski definition) is 3. The van der Waals surface area contributed by atoms with E-state index in [2.05, 4.69) is 10.6 Å². The summed E-state index contributed by atoms with van der Waals surface area (Å²) in [6.45, 7) is 9.39. The summed E-state index contributed by atoms with van der Waals surface area (Å²) in [6, 6.07) is 4.02. The van der Waals surface area contributed by atoms with E-state index >= 15 is 0 Å². The molecular formula is C15H21Cl3N2O2. The molecule has 124 valence electrons. The lowest BCUT2D eigenvalue weighted by molar-refractivity contribution is 0.113. The molecule has 0 bridgehead atoms. The van der Waals surface area contributed by atoms with E-state index in [0.29, 0.717) is 0 Å². The summed E-state index contributed by atoms with van der Waals surface area (Å²) >= 11 is 17.9. The van der Waals surface area contributed by atoms with Gasteiger partial charge in [-0.05, 0) is 45.7 Å². The van der Waals surface area contributed by atoms with Crippen LogP contribution in [-0.4, -0.2) is 22.2 Å². The molecule has 4 nitrogen and oxygen atoms in total. The van der Waals surface area contributed by atoms with Gasteiger partial charge in [0.05, 0.1) is 6.10 Å². The van der Waals surface area contributed by atoms with Crippen molar-refractivity contribution < 1.29 is 9.53 Å². The first-order valence-corrected chi connectivity index (χ1v) is 8.02. The Labute approximate surface area is 146 Å². The quantitative estimate of drug-likeness (QED) is 0.590. The Morgan fingerprint density at radius 3 is 2.05 bits per heavy atom. The third-order valence-corrected chi connectivity index (χ3v) is 3.55. The molecule has 0 fully saturated rings. The Kier molecular flexibility index (Phi) is 6.65. The van der Waals surface area contributed by atoms with Crippen LogP contribution in [0.5, 0.6) is 0 Å². The zero-order valence-electron chi connectivity index (χ0n) is 13.3. The molecule has 0 radical (unpaired) electrons. The molecule has 1 aromatic rings. The molecule has 0 aliphatic carbocycles. The summed E-state index contributed by atoms with van der Waals surface area (Å²) < 4.78 is 3.29. The number of alkyl carbamates (subject to hydrolysis) is 1. The number of amides is 1. The van der Waals surface area contributed by atoms with Crippen LogP contribution in [0.4, 0.5) is 10.5 Å². The van der Waals surface area contributed by atoms with E-state index in [1.54, 1.807) is 13.8 Å². The predicted octanol–water partition coefficient (Wildman–Crippen LogP) is 4.85. The van der Waals surface area contributed by atoms with Crippen molar-refractivity contribution in [1.82, 2.24) is 5.32 Å². The minimum Gasteiger partial charge on any atom is -0.447 e. The van der Waals surface area contributed by atoms with E-state index < -0.39 is 16.1 Å². The monoisotopic (exact) mass is 366 g/mol. The summed E-state index contributed by atoms with van der Waals surface area (Å²) in [5, 5.41) is 5.62. The molecule has 22 heavy (non-hydrogen) atoms. The number of alkyl halides is 3. The van der Waals surface area contributed by atoms with E-state index in [0.717, 1.165) is 22.4 Å². The second kappa shape index (κ2) is 7.62. The maximum absolute atomic E-state index is 11.8. The van der Waals surface area contributed by atoms with Crippen molar-refractivity contribution in [3.05, 3.63) is 28.8 Å². The number of aryl methyl sites for hydroxylation is 3. The molecule has 1 atom stereocenters. The van der Waals surface area contributed by atoms with Gasteiger partial charge in [-0.15, -0.1) is 0 Å². The van der Waals surface area contributed by atoms with Gasteiger partial charge in [-0.1, -0.05) is 52.5 Å². The molecule has 0 aromatic heterocycles. The molecule has 0 aliphatic heterocycles. The Morgan fingerprint density at radius 2 is 1.64 bits per heavy atom. The van der Waals surface area contributed by atoms with Crippen LogP contribution in [0.15, 0.2) is 12.1 Å². The number of carbonyl (C=O) groups is 1. The van der Waals surface area contributed by atoms with Crippen molar-refractivity contribution in [3.8, 4) is 0 Å². The van der Waals surface area contributed by atoms with Crippen LogP contribution >= 0.6 is 34.8 Å². The number of benzene rings is 1. The van der Waals surface area contributed by atoms with Gasteiger partial charge in [-0.3, -0.25) is 5.32 Å². The normalized spacial score (nSPS) is 13.0. The van der Waals surface area contributed by atoms with Crippen molar-refractivity contribution >= 4 is 46.6 Å². The number of halogens is 3. The van der Waals surface area contributed by atoms with E-state index in [4.69, 9.17) is 39.5 Å². The average molecular weight is 368 g/mol. The van der Waals surface area contributed by atoms with Crippen molar-refractivity contribution in [2.45, 2.75) is 50.7 Å². The number of hydrogen-bond donors (Lipinski definition) is 2. The average Bonchev–Trinajstić information content (AvgIpc) is 2.29. The zero-order valence-corrected chi connectivity index (χ0v) is 15.5. The maximum atomic E-state index is 11.8. The molecule has 0 saturated heterocycles. The smallest absolute Gasteiger partial charge is 0.409 e. The number of anilines is 1. The molecule has 1 aromatic carbocycles. The lowest BCUT2D eigenvalue weighted by atomic mass is 10.1. The fourth-order valence-corrected chi connectivity index (χ4v) is 2.45. The largest absolute Gasteiger partial charge is 0.447 e. The first-order valence-electron chi connectivity index (χ1n) is 6.89. The Bertz CT molecular complexity index is 519.